The van der Waals surface area contributed by atoms with Gasteiger partial charge in [-0.1, -0.05) is 11.6 Å². The van der Waals surface area contributed by atoms with Gasteiger partial charge in [-0.3, -0.25) is 0 Å². The molecule has 1 aromatic heterocycles. The minimum Gasteiger partial charge on any atom is -0.444 e. The van der Waals surface area contributed by atoms with Crippen LogP contribution in [-0.4, -0.2) is 60.3 Å². The molecular formula is C22H31ClN4O3. The Morgan fingerprint density at radius 2 is 1.90 bits per heavy atom. The third kappa shape index (κ3) is 4.46. The minimum absolute atomic E-state index is 0.0632. The Morgan fingerprint density at radius 1 is 1.17 bits per heavy atom. The van der Waals surface area contributed by atoms with E-state index in [-0.39, 0.29) is 12.1 Å². The third-order valence-electron chi connectivity index (χ3n) is 5.65. The zero-order chi connectivity index (χ0) is 21.5. The van der Waals surface area contributed by atoms with Gasteiger partial charge in [-0.15, -0.1) is 0 Å². The van der Waals surface area contributed by atoms with Crippen LogP contribution in [0.2, 0.25) is 5.02 Å². The summed E-state index contributed by atoms with van der Waals surface area (Å²) in [7, 11) is 0. The molecular weight excluding hydrogens is 404 g/mol. The third-order valence-corrected chi connectivity index (χ3v) is 5.86. The maximum Gasteiger partial charge on any atom is 0.410 e. The average molecular weight is 435 g/mol. The molecule has 0 radical (unpaired) electrons. The second-order valence-corrected chi connectivity index (χ2v) is 9.72. The molecule has 2 aliphatic rings. The van der Waals surface area contributed by atoms with Crippen LogP contribution >= 0.6 is 11.6 Å². The van der Waals surface area contributed by atoms with E-state index in [0.29, 0.717) is 30.7 Å². The van der Waals surface area contributed by atoms with Gasteiger partial charge in [-0.2, -0.15) is 4.98 Å². The Labute approximate surface area is 182 Å². The zero-order valence-electron chi connectivity index (χ0n) is 18.3. The van der Waals surface area contributed by atoms with Crippen LogP contribution in [0.3, 0.4) is 0 Å². The Morgan fingerprint density at radius 3 is 2.57 bits per heavy atom. The van der Waals surface area contributed by atoms with Crippen molar-refractivity contribution in [2.45, 2.75) is 58.6 Å². The van der Waals surface area contributed by atoms with E-state index in [1.165, 1.54) is 19.3 Å². The molecule has 1 amide bonds. The van der Waals surface area contributed by atoms with E-state index in [4.69, 9.17) is 25.7 Å². The Kier molecular flexibility index (Phi) is 5.75. The van der Waals surface area contributed by atoms with Gasteiger partial charge in [0, 0.05) is 43.8 Å². The molecule has 2 saturated heterocycles. The fourth-order valence-corrected chi connectivity index (χ4v) is 4.40. The van der Waals surface area contributed by atoms with Crippen molar-refractivity contribution in [3.8, 4) is 0 Å². The molecule has 2 fully saturated rings. The van der Waals surface area contributed by atoms with Crippen LogP contribution in [0.5, 0.6) is 0 Å². The van der Waals surface area contributed by atoms with Crippen molar-refractivity contribution in [3.63, 3.8) is 0 Å². The number of oxazole rings is 1. The lowest BCUT2D eigenvalue weighted by Gasteiger charge is -2.39. The Hall–Kier alpha value is -2.15. The van der Waals surface area contributed by atoms with Crippen molar-refractivity contribution in [2.75, 3.05) is 42.5 Å². The molecule has 0 spiro atoms. The van der Waals surface area contributed by atoms with E-state index in [0.717, 1.165) is 29.9 Å². The minimum atomic E-state index is -0.498. The van der Waals surface area contributed by atoms with Gasteiger partial charge in [-0.25, -0.2) is 4.79 Å². The molecule has 8 heteroatoms. The summed E-state index contributed by atoms with van der Waals surface area (Å²) in [6, 6.07) is 4.49. The van der Waals surface area contributed by atoms with Crippen LogP contribution in [0, 0.1) is 0 Å². The predicted molar refractivity (Wildman–Crippen MR) is 120 cm³/mol. The second kappa shape index (κ2) is 8.17. The molecule has 0 saturated carbocycles. The van der Waals surface area contributed by atoms with Gasteiger partial charge in [0.2, 0.25) is 0 Å². The first-order chi connectivity index (χ1) is 14.2. The lowest BCUT2D eigenvalue weighted by molar-refractivity contribution is 0.0216. The molecule has 0 bridgehead atoms. The summed E-state index contributed by atoms with van der Waals surface area (Å²) in [6.07, 6.45) is 3.35. The van der Waals surface area contributed by atoms with Crippen LogP contribution in [0.4, 0.5) is 16.5 Å². The fourth-order valence-electron chi connectivity index (χ4n) is 4.20. The number of rotatable bonds is 2. The Balaban J connectivity index is 1.55. The zero-order valence-corrected chi connectivity index (χ0v) is 19.0. The molecule has 2 aliphatic heterocycles. The van der Waals surface area contributed by atoms with Gasteiger partial charge in [0.15, 0.2) is 5.58 Å². The first-order valence-corrected chi connectivity index (χ1v) is 11.2. The van der Waals surface area contributed by atoms with Gasteiger partial charge < -0.3 is 23.9 Å². The highest BCUT2D eigenvalue weighted by Crippen LogP contribution is 2.36. The molecule has 1 aromatic carbocycles. The number of ether oxygens (including phenoxy) is 1. The summed E-state index contributed by atoms with van der Waals surface area (Å²) >= 11 is 6.39. The van der Waals surface area contributed by atoms with Crippen LogP contribution in [-0.2, 0) is 4.74 Å². The van der Waals surface area contributed by atoms with Crippen LogP contribution in [0.1, 0.15) is 47.0 Å². The number of hydrogen-bond donors (Lipinski definition) is 0. The van der Waals surface area contributed by atoms with Gasteiger partial charge >= 0.3 is 6.09 Å². The van der Waals surface area contributed by atoms with Crippen molar-refractivity contribution in [1.82, 2.24) is 9.88 Å². The summed E-state index contributed by atoms with van der Waals surface area (Å²) in [5.41, 5.74) is 2.09. The molecule has 0 unspecified atom stereocenters. The van der Waals surface area contributed by atoms with E-state index in [1.54, 1.807) is 4.90 Å². The van der Waals surface area contributed by atoms with E-state index >= 15 is 0 Å². The second-order valence-electron chi connectivity index (χ2n) is 9.29. The van der Waals surface area contributed by atoms with E-state index in [2.05, 4.69) is 16.7 Å². The first-order valence-electron chi connectivity index (χ1n) is 10.8. The lowest BCUT2D eigenvalue weighted by Crippen LogP contribution is -2.54. The average Bonchev–Trinajstić information content (AvgIpc) is 3.10. The SMILES string of the molecule is C[C@H]1CN(C(=O)OC(C)(C)C)CCN1c1nc2cc(Cl)cc(N3CCCCC3)c2o1. The number of carbonyl (C=O) groups excluding carboxylic acids is 1. The smallest absolute Gasteiger partial charge is 0.410 e. The van der Waals surface area contributed by atoms with Crippen LogP contribution in [0.15, 0.2) is 16.5 Å². The van der Waals surface area contributed by atoms with Gasteiger partial charge in [-0.05, 0) is 59.1 Å². The maximum atomic E-state index is 12.4. The van der Waals surface area contributed by atoms with E-state index < -0.39 is 5.60 Å². The fraction of sp³-hybridized carbons (Fsp3) is 0.636. The van der Waals surface area contributed by atoms with Crippen molar-refractivity contribution in [3.05, 3.63) is 17.2 Å². The van der Waals surface area contributed by atoms with Gasteiger partial charge in [0.05, 0.1) is 5.69 Å². The number of piperidine rings is 1. The number of hydrogen-bond acceptors (Lipinski definition) is 6. The lowest BCUT2D eigenvalue weighted by atomic mass is 10.1. The predicted octanol–water partition coefficient (Wildman–Crippen LogP) is 4.92. The quantitative estimate of drug-likeness (QED) is 0.668. The number of carbonyl (C=O) groups is 1. The van der Waals surface area contributed by atoms with E-state index in [9.17, 15) is 4.79 Å². The van der Waals surface area contributed by atoms with Crippen molar-refractivity contribution < 1.29 is 13.9 Å². The van der Waals surface area contributed by atoms with Gasteiger partial charge in [0.1, 0.15) is 11.1 Å². The van der Waals surface area contributed by atoms with Gasteiger partial charge in [0.25, 0.3) is 6.01 Å². The molecule has 1 atom stereocenters. The summed E-state index contributed by atoms with van der Waals surface area (Å²) in [6.45, 7) is 11.5. The Bertz CT molecular complexity index is 917. The van der Waals surface area contributed by atoms with Crippen molar-refractivity contribution in [2.24, 2.45) is 0 Å². The largest absolute Gasteiger partial charge is 0.444 e. The topological polar surface area (TPSA) is 62.1 Å². The molecule has 164 valence electrons. The number of piperazine rings is 1. The number of amides is 1. The molecule has 3 heterocycles. The summed E-state index contributed by atoms with van der Waals surface area (Å²) in [4.78, 5) is 23.4. The van der Waals surface area contributed by atoms with Crippen LogP contribution in [0.25, 0.3) is 11.1 Å². The normalized spacial score (nSPS) is 20.7. The number of nitrogens with zero attached hydrogens (tertiary/aromatic N) is 4. The number of halogens is 1. The highest BCUT2D eigenvalue weighted by Gasteiger charge is 2.32. The molecule has 7 nitrogen and oxygen atoms in total. The number of fused-ring (bicyclic) bond motifs is 1. The van der Waals surface area contributed by atoms with Crippen molar-refractivity contribution >= 4 is 40.5 Å². The number of anilines is 2. The highest BCUT2D eigenvalue weighted by atomic mass is 35.5. The molecule has 0 N–H and O–H groups in total. The highest BCUT2D eigenvalue weighted by molar-refractivity contribution is 6.31. The molecule has 4 rings (SSSR count). The monoisotopic (exact) mass is 434 g/mol. The first kappa shape index (κ1) is 21.1. The van der Waals surface area contributed by atoms with Crippen molar-refractivity contribution in [1.29, 1.82) is 0 Å². The van der Waals surface area contributed by atoms with Crippen LogP contribution < -0.4 is 9.80 Å². The van der Waals surface area contributed by atoms with E-state index in [1.807, 2.05) is 32.9 Å². The molecule has 0 aliphatic carbocycles. The summed E-state index contributed by atoms with van der Waals surface area (Å²) in [5.74, 6) is 0. The number of benzene rings is 1. The number of aromatic nitrogens is 1. The summed E-state index contributed by atoms with van der Waals surface area (Å²) in [5, 5.41) is 0.672. The summed E-state index contributed by atoms with van der Waals surface area (Å²) < 4.78 is 11.8. The standard InChI is InChI=1S/C22H31ClN4O3/c1-15-14-26(21(28)30-22(2,3)4)10-11-27(15)20-24-17-12-16(23)13-18(19(17)29-20)25-8-6-5-7-9-25/h12-13,15H,5-11,14H2,1-4H3/t15-/m0/s1. The maximum absolute atomic E-state index is 12.4. The molecule has 2 aromatic rings. The molecule has 30 heavy (non-hydrogen) atoms.